The van der Waals surface area contributed by atoms with E-state index in [9.17, 15) is 30.0 Å². The van der Waals surface area contributed by atoms with Gasteiger partial charge in [0.2, 0.25) is 0 Å². The zero-order chi connectivity index (χ0) is 41.6. The summed E-state index contributed by atoms with van der Waals surface area (Å²) in [5.74, 6) is -2.47. The van der Waals surface area contributed by atoms with Crippen molar-refractivity contribution in [3.8, 4) is 17.2 Å². The molecule has 0 aliphatic rings. The molecule has 1 atom stereocenters. The second-order valence-electron chi connectivity index (χ2n) is 14.3. The molecule has 0 bridgehead atoms. The number of hydrogen-bond acceptors (Lipinski definition) is 7. The molecular formula is C48H53ClN2O7. The van der Waals surface area contributed by atoms with Crippen molar-refractivity contribution < 1.29 is 34.8 Å². The Labute approximate surface area is 345 Å². The second-order valence-corrected chi connectivity index (χ2v) is 14.8. The van der Waals surface area contributed by atoms with Crippen LogP contribution in [0, 0.1) is 0 Å². The van der Waals surface area contributed by atoms with E-state index < -0.39 is 23.4 Å². The molecule has 0 saturated heterocycles. The average Bonchev–Trinajstić information content (AvgIpc) is 3.23. The Hall–Kier alpha value is -5.61. The Bertz CT molecular complexity index is 2180. The van der Waals surface area contributed by atoms with Crippen molar-refractivity contribution in [1.82, 2.24) is 10.2 Å². The molecule has 0 saturated carbocycles. The molecule has 6 aromatic carbocycles. The SMILES string of the molecule is CCCCN(CCCC)CCCNC(c1ccc(Cl)cc1)c1ccc(OC)cc1.O=C(O)c1cc2ccccc2c(Cc2c(O)c(C(=O)O)cc3ccccc23)c1O. The number of nitrogens with zero attached hydrogens (tertiary/aromatic N) is 1. The van der Waals surface area contributed by atoms with Crippen LogP contribution in [0.3, 0.4) is 0 Å². The first-order valence-corrected chi connectivity index (χ1v) is 20.2. The highest BCUT2D eigenvalue weighted by atomic mass is 35.5. The predicted molar refractivity (Wildman–Crippen MR) is 233 cm³/mol. The van der Waals surface area contributed by atoms with Gasteiger partial charge in [0.05, 0.1) is 13.2 Å². The molecule has 0 aliphatic heterocycles. The maximum Gasteiger partial charge on any atom is 0.339 e. The maximum absolute atomic E-state index is 11.6. The molecule has 5 N–H and O–H groups in total. The molecule has 9 nitrogen and oxygen atoms in total. The fraction of sp³-hybridized carbons (Fsp3) is 0.292. The van der Waals surface area contributed by atoms with Crippen LogP contribution in [-0.2, 0) is 6.42 Å². The number of phenols is 2. The highest BCUT2D eigenvalue weighted by molar-refractivity contribution is 6.30. The summed E-state index contributed by atoms with van der Waals surface area (Å²) in [6, 6.07) is 33.4. The van der Waals surface area contributed by atoms with Crippen LogP contribution in [0.4, 0.5) is 0 Å². The number of hydrogen-bond donors (Lipinski definition) is 5. The number of unbranched alkanes of at least 4 members (excludes halogenated alkanes) is 2. The van der Waals surface area contributed by atoms with Crippen LogP contribution in [0.5, 0.6) is 17.2 Å². The number of benzene rings is 6. The number of carbonyl (C=O) groups is 2. The molecule has 6 rings (SSSR count). The Morgan fingerprint density at radius 2 is 1.12 bits per heavy atom. The number of fused-ring (bicyclic) bond motifs is 2. The molecule has 6 aromatic rings. The van der Waals surface area contributed by atoms with Gasteiger partial charge in [-0.25, -0.2) is 9.59 Å². The van der Waals surface area contributed by atoms with Crippen molar-refractivity contribution in [2.45, 2.75) is 58.4 Å². The van der Waals surface area contributed by atoms with Crippen LogP contribution >= 0.6 is 11.6 Å². The molecule has 0 radical (unpaired) electrons. The normalized spacial score (nSPS) is 11.7. The van der Waals surface area contributed by atoms with E-state index >= 15 is 0 Å². The van der Waals surface area contributed by atoms with Crippen molar-refractivity contribution in [1.29, 1.82) is 0 Å². The van der Waals surface area contributed by atoms with Gasteiger partial charge in [0.25, 0.3) is 0 Å². The fourth-order valence-electron chi connectivity index (χ4n) is 7.21. The van der Waals surface area contributed by atoms with E-state index in [1.807, 2.05) is 24.3 Å². The molecular weight excluding hydrogens is 752 g/mol. The number of halogens is 1. The second kappa shape index (κ2) is 21.2. The van der Waals surface area contributed by atoms with Crippen LogP contribution in [0.25, 0.3) is 21.5 Å². The van der Waals surface area contributed by atoms with Crippen LogP contribution in [0.1, 0.15) is 95.0 Å². The molecule has 0 heterocycles. The van der Waals surface area contributed by atoms with Gasteiger partial charge in [-0.3, -0.25) is 0 Å². The summed E-state index contributed by atoms with van der Waals surface area (Å²) in [6.45, 7) is 9.11. The number of ether oxygens (including phenoxy) is 1. The van der Waals surface area contributed by atoms with E-state index in [4.69, 9.17) is 16.3 Å². The largest absolute Gasteiger partial charge is 0.507 e. The lowest BCUT2D eigenvalue weighted by Gasteiger charge is -2.24. The molecule has 0 aromatic heterocycles. The third-order valence-electron chi connectivity index (χ3n) is 10.4. The molecule has 10 heteroatoms. The molecule has 0 fully saturated rings. The first-order valence-electron chi connectivity index (χ1n) is 19.8. The van der Waals surface area contributed by atoms with Crippen molar-refractivity contribution in [3.63, 3.8) is 0 Å². The fourth-order valence-corrected chi connectivity index (χ4v) is 7.34. The zero-order valence-electron chi connectivity index (χ0n) is 33.4. The maximum atomic E-state index is 11.6. The minimum absolute atomic E-state index is 0.0407. The van der Waals surface area contributed by atoms with E-state index in [-0.39, 0.29) is 23.6 Å². The number of nitrogens with one attached hydrogen (secondary N) is 1. The van der Waals surface area contributed by atoms with Crippen LogP contribution in [0.15, 0.2) is 109 Å². The van der Waals surface area contributed by atoms with E-state index in [0.717, 1.165) is 30.3 Å². The third-order valence-corrected chi connectivity index (χ3v) is 10.6. The number of carboxylic acids is 2. The van der Waals surface area contributed by atoms with Gasteiger partial charge in [-0.2, -0.15) is 0 Å². The van der Waals surface area contributed by atoms with Gasteiger partial charge in [-0.15, -0.1) is 0 Å². The van der Waals surface area contributed by atoms with E-state index in [1.54, 1.807) is 55.6 Å². The molecule has 0 amide bonds. The Morgan fingerprint density at radius 3 is 1.57 bits per heavy atom. The van der Waals surface area contributed by atoms with Gasteiger partial charge in [0.15, 0.2) is 0 Å². The minimum atomic E-state index is -1.28. The number of carboxylic acid groups (broad SMARTS) is 2. The van der Waals surface area contributed by atoms with E-state index in [0.29, 0.717) is 32.7 Å². The Kier molecular flexibility index (Phi) is 15.9. The molecule has 0 aliphatic carbocycles. The molecule has 1 unspecified atom stereocenters. The highest BCUT2D eigenvalue weighted by Crippen LogP contribution is 2.39. The van der Waals surface area contributed by atoms with Gasteiger partial charge in [-0.1, -0.05) is 111 Å². The Balaban J connectivity index is 0.000000221. The molecule has 304 valence electrons. The lowest BCUT2D eigenvalue weighted by atomic mass is 9.90. The quantitative estimate of drug-likeness (QED) is 0.0537. The predicted octanol–water partition coefficient (Wildman–Crippen LogP) is 10.7. The standard InChI is InChI=1S/C25H37ClN2O.C23H16O6/c1-4-6-18-28(19-7-5-2)20-8-17-27-25(21-9-13-23(26)14-10-21)22-11-15-24(29-3)16-12-22;24-20-16(14-7-3-1-5-12(14)9-18(20)22(26)27)11-17-15-8-4-2-6-13(15)10-19(21(17)25)23(28)29/h9-16,25,27H,4-8,17-20H2,1-3H3;1-10,24-25H,11H2,(H,26,27)(H,28,29). The number of methoxy groups -OCH3 is 1. The molecule has 0 spiro atoms. The van der Waals surface area contributed by atoms with Crippen molar-refractivity contribution in [2.24, 2.45) is 0 Å². The van der Waals surface area contributed by atoms with Crippen molar-refractivity contribution >= 4 is 45.1 Å². The van der Waals surface area contributed by atoms with Crippen LogP contribution < -0.4 is 10.1 Å². The van der Waals surface area contributed by atoms with Crippen molar-refractivity contribution in [3.05, 3.63) is 148 Å². The summed E-state index contributed by atoms with van der Waals surface area (Å²) in [7, 11) is 1.70. The van der Waals surface area contributed by atoms with E-state index in [2.05, 4.69) is 48.3 Å². The van der Waals surface area contributed by atoms with Gasteiger partial charge >= 0.3 is 11.9 Å². The van der Waals surface area contributed by atoms with E-state index in [1.165, 1.54) is 62.0 Å². The summed E-state index contributed by atoms with van der Waals surface area (Å²) in [5, 5.41) is 47.3. The number of aromatic carboxylic acids is 2. The first-order chi connectivity index (χ1) is 28.1. The summed E-state index contributed by atoms with van der Waals surface area (Å²) >= 11 is 6.10. The Morgan fingerprint density at radius 1 is 0.672 bits per heavy atom. The molecule has 58 heavy (non-hydrogen) atoms. The van der Waals surface area contributed by atoms with Gasteiger partial charge in [0.1, 0.15) is 28.4 Å². The summed E-state index contributed by atoms with van der Waals surface area (Å²) in [6.07, 6.45) is 6.20. The van der Waals surface area contributed by atoms with Gasteiger partial charge in [-0.05, 0) is 115 Å². The smallest absolute Gasteiger partial charge is 0.339 e. The van der Waals surface area contributed by atoms with Crippen molar-refractivity contribution in [2.75, 3.05) is 33.3 Å². The summed E-state index contributed by atoms with van der Waals surface area (Å²) in [4.78, 5) is 25.8. The summed E-state index contributed by atoms with van der Waals surface area (Å²) in [5.41, 5.74) is 2.58. The lowest BCUT2D eigenvalue weighted by molar-refractivity contribution is 0.0682. The monoisotopic (exact) mass is 804 g/mol. The van der Waals surface area contributed by atoms with Gasteiger partial charge < -0.3 is 35.4 Å². The number of rotatable bonds is 18. The van der Waals surface area contributed by atoms with Crippen LogP contribution in [-0.4, -0.2) is 70.6 Å². The first kappa shape index (κ1) is 43.5. The number of aromatic hydroxyl groups is 2. The minimum Gasteiger partial charge on any atom is -0.507 e. The van der Waals surface area contributed by atoms with Crippen LogP contribution in [0.2, 0.25) is 5.02 Å². The summed E-state index contributed by atoms with van der Waals surface area (Å²) < 4.78 is 5.32. The van der Waals surface area contributed by atoms with Gasteiger partial charge in [0, 0.05) is 22.6 Å². The highest BCUT2D eigenvalue weighted by Gasteiger charge is 2.23. The zero-order valence-corrected chi connectivity index (χ0v) is 34.1. The lowest BCUT2D eigenvalue weighted by Crippen LogP contribution is -2.31. The topological polar surface area (TPSA) is 140 Å². The average molecular weight is 805 g/mol. The third kappa shape index (κ3) is 11.1.